The normalized spacial score (nSPS) is 27.8. The minimum atomic E-state index is -0.888. The predicted molar refractivity (Wildman–Crippen MR) is 80.5 cm³/mol. The maximum Gasteiger partial charge on any atom is 0.332 e. The van der Waals surface area contributed by atoms with Crippen molar-refractivity contribution >= 4 is 17.1 Å². The van der Waals surface area contributed by atoms with E-state index in [0.717, 1.165) is 12.8 Å². The summed E-state index contributed by atoms with van der Waals surface area (Å²) in [5, 5.41) is 19.5. The van der Waals surface area contributed by atoms with Gasteiger partial charge >= 0.3 is 5.69 Å². The maximum absolute atomic E-state index is 12.9. The Morgan fingerprint density at radius 3 is 2.87 bits per heavy atom. The predicted octanol–water partition coefficient (Wildman–Crippen LogP) is -0.774. The second-order valence-corrected chi connectivity index (χ2v) is 6.28. The van der Waals surface area contributed by atoms with Crippen LogP contribution in [-0.4, -0.2) is 48.1 Å². The smallest absolute Gasteiger partial charge is 0.332 e. The van der Waals surface area contributed by atoms with Gasteiger partial charge in [-0.25, -0.2) is 14.3 Å². The molecule has 9 heteroatoms. The van der Waals surface area contributed by atoms with E-state index in [9.17, 15) is 15.0 Å². The molecule has 1 saturated heterocycles. The first-order valence-electron chi connectivity index (χ1n) is 7.76. The number of aliphatic hydroxyl groups excluding tert-OH is 2. The quantitative estimate of drug-likeness (QED) is 0.674. The summed E-state index contributed by atoms with van der Waals surface area (Å²) in [4.78, 5) is 21.0. The second kappa shape index (κ2) is 5.29. The fraction of sp³-hybridized carbons (Fsp3) is 0.643. The zero-order valence-corrected chi connectivity index (χ0v) is 12.5. The molecule has 2 aliphatic rings. The summed E-state index contributed by atoms with van der Waals surface area (Å²) >= 11 is 0. The molecule has 2 aromatic heterocycles. The fourth-order valence-electron chi connectivity index (χ4n) is 3.12. The van der Waals surface area contributed by atoms with Crippen LogP contribution in [0.3, 0.4) is 0 Å². The van der Waals surface area contributed by atoms with Crippen LogP contribution in [0.25, 0.3) is 11.2 Å². The molecule has 3 heterocycles. The molecule has 1 aliphatic carbocycles. The summed E-state index contributed by atoms with van der Waals surface area (Å²) in [6, 6.07) is 0. The molecule has 0 aromatic carbocycles. The van der Waals surface area contributed by atoms with E-state index >= 15 is 0 Å². The summed E-state index contributed by atoms with van der Waals surface area (Å²) in [5.74, 6) is 0.546. The lowest BCUT2D eigenvalue weighted by Gasteiger charge is -2.15. The SMILES string of the molecule is Nc1ncc2c(n1)n([C@@H]1O[C@H](CO)C[C@H]1O)c(=O)n2CC1CC1. The molecule has 0 unspecified atom stereocenters. The lowest BCUT2D eigenvalue weighted by Crippen LogP contribution is -2.32. The first kappa shape index (κ1) is 14.6. The molecule has 4 rings (SSSR count). The van der Waals surface area contributed by atoms with Gasteiger partial charge in [0.05, 0.1) is 18.9 Å². The summed E-state index contributed by atoms with van der Waals surface area (Å²) in [6.45, 7) is 0.391. The second-order valence-electron chi connectivity index (χ2n) is 6.28. The number of nitrogens with zero attached hydrogens (tertiary/aromatic N) is 4. The number of nitrogens with two attached hydrogens (primary N) is 1. The fourth-order valence-corrected chi connectivity index (χ4v) is 3.12. The van der Waals surface area contributed by atoms with Crippen LogP contribution in [0.15, 0.2) is 11.0 Å². The molecule has 0 radical (unpaired) electrons. The molecule has 0 amide bonds. The Labute approximate surface area is 131 Å². The zero-order chi connectivity index (χ0) is 16.1. The topological polar surface area (TPSA) is 128 Å². The van der Waals surface area contributed by atoms with Crippen molar-refractivity contribution in [2.75, 3.05) is 12.3 Å². The molecule has 1 aliphatic heterocycles. The van der Waals surface area contributed by atoms with E-state index in [4.69, 9.17) is 10.5 Å². The third-order valence-corrected chi connectivity index (χ3v) is 4.49. The molecule has 9 nitrogen and oxygen atoms in total. The molecule has 23 heavy (non-hydrogen) atoms. The molecular weight excluding hydrogens is 302 g/mol. The molecule has 2 aromatic rings. The van der Waals surface area contributed by atoms with Gasteiger partial charge in [0.25, 0.3) is 0 Å². The first-order valence-corrected chi connectivity index (χ1v) is 7.76. The Kier molecular flexibility index (Phi) is 3.36. The Morgan fingerprint density at radius 1 is 1.43 bits per heavy atom. The van der Waals surface area contributed by atoms with E-state index in [1.165, 1.54) is 10.8 Å². The summed E-state index contributed by atoms with van der Waals surface area (Å²) in [5.41, 5.74) is 6.30. The molecule has 4 N–H and O–H groups in total. The first-order chi connectivity index (χ1) is 11.1. The Balaban J connectivity index is 1.86. The standard InChI is InChI=1S/C14H19N5O4/c15-13-16-4-9-11(17-13)19(12-10(21)3-8(6-20)23-12)14(22)18(9)5-7-1-2-7/h4,7-8,10,12,20-21H,1-3,5-6H2,(H2,15,16,17)/t8-,10+,12+/m0/s1. The summed E-state index contributed by atoms with van der Waals surface area (Å²) < 4.78 is 8.57. The minimum Gasteiger partial charge on any atom is -0.394 e. The van der Waals surface area contributed by atoms with Gasteiger partial charge in [0.1, 0.15) is 11.6 Å². The van der Waals surface area contributed by atoms with Crippen LogP contribution in [0.4, 0.5) is 5.95 Å². The lowest BCUT2D eigenvalue weighted by atomic mass is 10.2. The summed E-state index contributed by atoms with van der Waals surface area (Å²) in [6.07, 6.45) is 1.74. The Bertz CT molecular complexity index is 796. The number of aliphatic hydroxyl groups is 2. The zero-order valence-electron chi connectivity index (χ0n) is 12.5. The van der Waals surface area contributed by atoms with Crippen LogP contribution in [0.2, 0.25) is 0 Å². The molecule has 1 saturated carbocycles. The van der Waals surface area contributed by atoms with Gasteiger partial charge in [-0.1, -0.05) is 0 Å². The number of imidazole rings is 1. The van der Waals surface area contributed by atoms with E-state index in [2.05, 4.69) is 9.97 Å². The number of rotatable bonds is 4. The maximum atomic E-state index is 12.9. The van der Waals surface area contributed by atoms with Crippen LogP contribution in [0.5, 0.6) is 0 Å². The number of anilines is 1. The van der Waals surface area contributed by atoms with Crippen molar-refractivity contribution in [2.24, 2.45) is 5.92 Å². The van der Waals surface area contributed by atoms with Gasteiger partial charge in [0.2, 0.25) is 5.95 Å². The monoisotopic (exact) mass is 321 g/mol. The van der Waals surface area contributed by atoms with Crippen molar-refractivity contribution in [3.05, 3.63) is 16.7 Å². The highest BCUT2D eigenvalue weighted by atomic mass is 16.5. The van der Waals surface area contributed by atoms with Crippen molar-refractivity contribution in [3.63, 3.8) is 0 Å². The van der Waals surface area contributed by atoms with Gasteiger partial charge in [-0.05, 0) is 18.8 Å². The number of ether oxygens (including phenoxy) is 1. The van der Waals surface area contributed by atoms with E-state index < -0.39 is 18.4 Å². The van der Waals surface area contributed by atoms with Crippen LogP contribution in [-0.2, 0) is 11.3 Å². The number of nitrogen functional groups attached to an aromatic ring is 1. The lowest BCUT2D eigenvalue weighted by molar-refractivity contribution is -0.0506. The Morgan fingerprint density at radius 2 is 2.22 bits per heavy atom. The Hall–Kier alpha value is -1.97. The molecule has 0 bridgehead atoms. The van der Waals surface area contributed by atoms with Crippen LogP contribution in [0, 0.1) is 5.92 Å². The average molecular weight is 321 g/mol. The minimum absolute atomic E-state index is 0.0565. The molecule has 124 valence electrons. The van der Waals surface area contributed by atoms with E-state index in [-0.39, 0.29) is 24.7 Å². The summed E-state index contributed by atoms with van der Waals surface area (Å²) in [7, 11) is 0. The van der Waals surface area contributed by atoms with Gasteiger partial charge in [-0.15, -0.1) is 0 Å². The number of fused-ring (bicyclic) bond motifs is 1. The third-order valence-electron chi connectivity index (χ3n) is 4.49. The van der Waals surface area contributed by atoms with Crippen LogP contribution < -0.4 is 11.4 Å². The van der Waals surface area contributed by atoms with Gasteiger partial charge in [-0.2, -0.15) is 4.98 Å². The van der Waals surface area contributed by atoms with E-state index in [0.29, 0.717) is 23.6 Å². The van der Waals surface area contributed by atoms with Crippen molar-refractivity contribution in [2.45, 2.75) is 44.2 Å². The molecule has 3 atom stereocenters. The van der Waals surface area contributed by atoms with Crippen molar-refractivity contribution < 1.29 is 14.9 Å². The molecular formula is C14H19N5O4. The largest absolute Gasteiger partial charge is 0.394 e. The number of aromatic nitrogens is 4. The van der Waals surface area contributed by atoms with Crippen molar-refractivity contribution in [1.82, 2.24) is 19.1 Å². The van der Waals surface area contributed by atoms with Crippen LogP contribution in [0.1, 0.15) is 25.5 Å². The van der Waals surface area contributed by atoms with Gasteiger partial charge < -0.3 is 20.7 Å². The highest BCUT2D eigenvalue weighted by molar-refractivity contribution is 5.72. The van der Waals surface area contributed by atoms with E-state index in [1.54, 1.807) is 4.57 Å². The van der Waals surface area contributed by atoms with Gasteiger partial charge in [0, 0.05) is 13.0 Å². The highest BCUT2D eigenvalue weighted by Crippen LogP contribution is 2.33. The number of hydrogen-bond acceptors (Lipinski definition) is 7. The third kappa shape index (κ3) is 2.41. The number of hydrogen-bond donors (Lipinski definition) is 3. The van der Waals surface area contributed by atoms with Gasteiger partial charge in [0.15, 0.2) is 11.9 Å². The van der Waals surface area contributed by atoms with Crippen LogP contribution >= 0.6 is 0 Å². The van der Waals surface area contributed by atoms with Crippen molar-refractivity contribution in [1.29, 1.82) is 0 Å². The highest BCUT2D eigenvalue weighted by Gasteiger charge is 2.38. The van der Waals surface area contributed by atoms with E-state index in [1.807, 2.05) is 0 Å². The molecule has 0 spiro atoms. The van der Waals surface area contributed by atoms with Crippen molar-refractivity contribution in [3.8, 4) is 0 Å². The average Bonchev–Trinajstić information content (AvgIpc) is 3.22. The molecule has 2 fully saturated rings. The van der Waals surface area contributed by atoms with Gasteiger partial charge in [-0.3, -0.25) is 4.57 Å².